The Morgan fingerprint density at radius 1 is 1.44 bits per heavy atom. The highest BCUT2D eigenvalue weighted by Gasteiger charge is 2.24. The first-order valence-corrected chi connectivity index (χ1v) is 6.26. The molecule has 1 aromatic rings. The summed E-state index contributed by atoms with van der Waals surface area (Å²) < 4.78 is 0. The molecule has 18 heavy (non-hydrogen) atoms. The Kier molecular flexibility index (Phi) is 5.29. The van der Waals surface area contributed by atoms with Crippen LogP contribution >= 0.6 is 35.6 Å². The predicted octanol–water partition coefficient (Wildman–Crippen LogP) is 2.65. The van der Waals surface area contributed by atoms with Crippen LogP contribution in [0.1, 0.15) is 18.1 Å². The fourth-order valence-corrected chi connectivity index (χ4v) is 2.65. The van der Waals surface area contributed by atoms with E-state index in [2.05, 4.69) is 0 Å². The SMILES string of the molecule is C[C@@H](N)C(=O)N1CCc2cc(Cl)cc(Cl)c2C1.Cl. The van der Waals surface area contributed by atoms with Crippen molar-refractivity contribution in [3.63, 3.8) is 0 Å². The Morgan fingerprint density at radius 3 is 2.72 bits per heavy atom. The molecule has 1 atom stereocenters. The normalized spacial score (nSPS) is 15.7. The monoisotopic (exact) mass is 308 g/mol. The molecule has 1 aliphatic rings. The molecule has 2 rings (SSSR count). The highest BCUT2D eigenvalue weighted by atomic mass is 35.5. The molecular weight excluding hydrogens is 295 g/mol. The summed E-state index contributed by atoms with van der Waals surface area (Å²) in [4.78, 5) is 13.6. The van der Waals surface area contributed by atoms with Gasteiger partial charge in [0.2, 0.25) is 5.91 Å². The minimum Gasteiger partial charge on any atom is -0.337 e. The van der Waals surface area contributed by atoms with Crippen LogP contribution in [0.25, 0.3) is 0 Å². The third kappa shape index (κ3) is 3.09. The molecule has 1 aromatic carbocycles. The van der Waals surface area contributed by atoms with Crippen molar-refractivity contribution in [2.75, 3.05) is 6.54 Å². The molecule has 0 unspecified atom stereocenters. The molecule has 1 aliphatic heterocycles. The van der Waals surface area contributed by atoms with Crippen LogP contribution in [-0.4, -0.2) is 23.4 Å². The largest absolute Gasteiger partial charge is 0.337 e. The first-order chi connectivity index (χ1) is 7.99. The summed E-state index contributed by atoms with van der Waals surface area (Å²) in [5.74, 6) is -0.0401. The molecule has 2 N–H and O–H groups in total. The van der Waals surface area contributed by atoms with Crippen molar-refractivity contribution >= 4 is 41.5 Å². The number of halogens is 3. The minimum atomic E-state index is -0.470. The molecule has 0 aromatic heterocycles. The van der Waals surface area contributed by atoms with Gasteiger partial charge >= 0.3 is 0 Å². The molecule has 6 heteroatoms. The van der Waals surface area contributed by atoms with Crippen LogP contribution in [0.3, 0.4) is 0 Å². The fraction of sp³-hybridized carbons (Fsp3) is 0.417. The smallest absolute Gasteiger partial charge is 0.239 e. The molecule has 3 nitrogen and oxygen atoms in total. The lowest BCUT2D eigenvalue weighted by atomic mass is 9.99. The first-order valence-electron chi connectivity index (χ1n) is 5.50. The molecule has 1 heterocycles. The number of hydrogen-bond acceptors (Lipinski definition) is 2. The van der Waals surface area contributed by atoms with Crippen LogP contribution in [0.4, 0.5) is 0 Å². The summed E-state index contributed by atoms with van der Waals surface area (Å²) in [5.41, 5.74) is 7.71. The zero-order valence-electron chi connectivity index (χ0n) is 9.95. The van der Waals surface area contributed by atoms with E-state index in [1.165, 1.54) is 0 Å². The van der Waals surface area contributed by atoms with Gasteiger partial charge < -0.3 is 10.6 Å². The summed E-state index contributed by atoms with van der Waals surface area (Å²) in [5, 5.41) is 1.26. The zero-order valence-corrected chi connectivity index (χ0v) is 12.3. The maximum Gasteiger partial charge on any atom is 0.239 e. The van der Waals surface area contributed by atoms with Crippen LogP contribution in [0, 0.1) is 0 Å². The number of nitrogens with two attached hydrogens (primary N) is 1. The maximum absolute atomic E-state index is 11.8. The molecular formula is C12H15Cl3N2O. The minimum absolute atomic E-state index is 0. The number of carbonyl (C=O) groups is 1. The van der Waals surface area contributed by atoms with Crippen molar-refractivity contribution < 1.29 is 4.79 Å². The van der Waals surface area contributed by atoms with Gasteiger partial charge in [-0.2, -0.15) is 0 Å². The molecule has 100 valence electrons. The van der Waals surface area contributed by atoms with Crippen molar-refractivity contribution in [1.29, 1.82) is 0 Å². The van der Waals surface area contributed by atoms with Crippen molar-refractivity contribution in [3.05, 3.63) is 33.3 Å². The lowest BCUT2D eigenvalue weighted by molar-refractivity contribution is -0.133. The van der Waals surface area contributed by atoms with Gasteiger partial charge in [-0.3, -0.25) is 4.79 Å². The number of hydrogen-bond donors (Lipinski definition) is 1. The summed E-state index contributed by atoms with van der Waals surface area (Å²) in [6, 6.07) is 3.15. The standard InChI is InChI=1S/C12H14Cl2N2O.ClH/c1-7(15)12(17)16-3-2-8-4-9(13)5-11(14)10(8)6-16;/h4-5,7H,2-3,6,15H2,1H3;1H/t7-;/m1./s1. The topological polar surface area (TPSA) is 46.3 Å². The number of benzene rings is 1. The van der Waals surface area contributed by atoms with Gasteiger partial charge in [-0.1, -0.05) is 23.2 Å². The lowest BCUT2D eigenvalue weighted by Crippen LogP contribution is -2.44. The third-order valence-electron chi connectivity index (χ3n) is 2.95. The molecule has 0 aliphatic carbocycles. The van der Waals surface area contributed by atoms with Gasteiger partial charge in [0.25, 0.3) is 0 Å². The third-order valence-corrected chi connectivity index (χ3v) is 3.51. The Labute approximate surface area is 123 Å². The van der Waals surface area contributed by atoms with Crippen LogP contribution < -0.4 is 5.73 Å². The van der Waals surface area contributed by atoms with Crippen LogP contribution in [0.2, 0.25) is 10.0 Å². The van der Waals surface area contributed by atoms with Gasteiger partial charge in [0.15, 0.2) is 0 Å². The van der Waals surface area contributed by atoms with Gasteiger partial charge in [0.1, 0.15) is 0 Å². The van der Waals surface area contributed by atoms with Crippen molar-refractivity contribution in [3.8, 4) is 0 Å². The van der Waals surface area contributed by atoms with Gasteiger partial charge in [-0.15, -0.1) is 12.4 Å². The second-order valence-electron chi connectivity index (χ2n) is 4.32. The first kappa shape index (κ1) is 15.6. The molecule has 0 saturated carbocycles. The fourth-order valence-electron chi connectivity index (χ4n) is 2.06. The van der Waals surface area contributed by atoms with Crippen molar-refractivity contribution in [2.24, 2.45) is 5.73 Å². The Morgan fingerprint density at radius 2 is 2.11 bits per heavy atom. The summed E-state index contributed by atoms with van der Waals surface area (Å²) in [6.07, 6.45) is 0.772. The van der Waals surface area contributed by atoms with Gasteiger partial charge in [-0.05, 0) is 36.6 Å². The van der Waals surface area contributed by atoms with E-state index in [-0.39, 0.29) is 18.3 Å². The maximum atomic E-state index is 11.8. The molecule has 0 bridgehead atoms. The predicted molar refractivity (Wildman–Crippen MR) is 76.5 cm³/mol. The lowest BCUT2D eigenvalue weighted by Gasteiger charge is -2.30. The van der Waals surface area contributed by atoms with E-state index in [0.717, 1.165) is 17.5 Å². The summed E-state index contributed by atoms with van der Waals surface area (Å²) in [6.45, 7) is 2.89. The van der Waals surface area contributed by atoms with Crippen molar-refractivity contribution in [1.82, 2.24) is 4.90 Å². The van der Waals surface area contributed by atoms with E-state index >= 15 is 0 Å². The van der Waals surface area contributed by atoms with E-state index in [9.17, 15) is 4.79 Å². The molecule has 0 fully saturated rings. The van der Waals surface area contributed by atoms with E-state index in [1.807, 2.05) is 6.07 Å². The Bertz CT molecular complexity index is 463. The van der Waals surface area contributed by atoms with Gasteiger partial charge in [-0.25, -0.2) is 0 Å². The van der Waals surface area contributed by atoms with E-state index < -0.39 is 6.04 Å². The average molecular weight is 310 g/mol. The Balaban J connectivity index is 0.00000162. The van der Waals surface area contributed by atoms with Gasteiger partial charge in [0, 0.05) is 23.1 Å². The average Bonchev–Trinajstić information content (AvgIpc) is 2.27. The number of carbonyl (C=O) groups excluding carboxylic acids is 1. The molecule has 0 saturated heterocycles. The van der Waals surface area contributed by atoms with Crippen LogP contribution in [0.15, 0.2) is 12.1 Å². The highest BCUT2D eigenvalue weighted by Crippen LogP contribution is 2.30. The summed E-state index contributed by atoms with van der Waals surface area (Å²) in [7, 11) is 0. The van der Waals surface area contributed by atoms with Crippen molar-refractivity contribution in [2.45, 2.75) is 25.9 Å². The van der Waals surface area contributed by atoms with E-state index in [4.69, 9.17) is 28.9 Å². The van der Waals surface area contributed by atoms with E-state index in [1.54, 1.807) is 17.9 Å². The number of nitrogens with zero attached hydrogens (tertiary/aromatic N) is 1. The van der Waals surface area contributed by atoms with Gasteiger partial charge in [0.05, 0.1) is 6.04 Å². The number of rotatable bonds is 1. The highest BCUT2D eigenvalue weighted by molar-refractivity contribution is 6.35. The second kappa shape index (κ2) is 6.11. The second-order valence-corrected chi connectivity index (χ2v) is 5.17. The summed E-state index contributed by atoms with van der Waals surface area (Å²) >= 11 is 12.1. The zero-order chi connectivity index (χ0) is 12.6. The molecule has 0 radical (unpaired) electrons. The van der Waals surface area contributed by atoms with Crippen LogP contribution in [-0.2, 0) is 17.8 Å². The number of amides is 1. The molecule has 0 spiro atoms. The van der Waals surface area contributed by atoms with E-state index in [0.29, 0.717) is 23.1 Å². The van der Waals surface area contributed by atoms with Crippen LogP contribution in [0.5, 0.6) is 0 Å². The molecule has 1 amide bonds. The number of fused-ring (bicyclic) bond motifs is 1. The quantitative estimate of drug-likeness (QED) is 0.867. The Hall–Kier alpha value is -0.480.